The number of carbonyl (C=O) groups excluding carboxylic acids is 2. The van der Waals surface area contributed by atoms with Crippen LogP contribution in [0.15, 0.2) is 24.3 Å². The molecule has 26 heavy (non-hydrogen) atoms. The molecule has 0 spiro atoms. The first kappa shape index (κ1) is 20.2. The van der Waals surface area contributed by atoms with E-state index in [9.17, 15) is 18.0 Å². The van der Waals surface area contributed by atoms with Gasteiger partial charge in [0.05, 0.1) is 24.7 Å². The van der Waals surface area contributed by atoms with Crippen molar-refractivity contribution >= 4 is 27.6 Å². The maximum absolute atomic E-state index is 12.1. The highest BCUT2D eigenvalue weighted by Gasteiger charge is 2.25. The maximum atomic E-state index is 12.1. The number of aryl methyl sites for hydroxylation is 1. The highest BCUT2D eigenvalue weighted by Crippen LogP contribution is 2.21. The molecule has 144 valence electrons. The largest absolute Gasteiger partial charge is 0.454 e. The summed E-state index contributed by atoms with van der Waals surface area (Å²) in [7, 11) is -3.68. The van der Waals surface area contributed by atoms with Crippen LogP contribution in [-0.2, 0) is 29.1 Å². The highest BCUT2D eigenvalue weighted by molar-refractivity contribution is 7.92. The Morgan fingerprint density at radius 1 is 1.35 bits per heavy atom. The highest BCUT2D eigenvalue weighted by atomic mass is 32.2. The molecule has 9 heteroatoms. The lowest BCUT2D eigenvalue weighted by Crippen LogP contribution is -2.46. The minimum atomic E-state index is -3.68. The van der Waals surface area contributed by atoms with Crippen LogP contribution in [0.5, 0.6) is 0 Å². The minimum Gasteiger partial charge on any atom is -0.454 e. The first-order valence-corrected chi connectivity index (χ1v) is 10.1. The lowest BCUT2D eigenvalue weighted by Gasteiger charge is -2.31. The van der Waals surface area contributed by atoms with Gasteiger partial charge < -0.3 is 14.4 Å². The van der Waals surface area contributed by atoms with Gasteiger partial charge in [0, 0.05) is 13.1 Å². The average molecular weight is 384 g/mol. The summed E-state index contributed by atoms with van der Waals surface area (Å²) in [5.41, 5.74) is 1.12. The number of amides is 1. The summed E-state index contributed by atoms with van der Waals surface area (Å²) in [6.07, 6.45) is 0.956. The third-order valence-electron chi connectivity index (χ3n) is 4.01. The topological polar surface area (TPSA) is 93.2 Å². The number of carbonyl (C=O) groups is 2. The zero-order chi connectivity index (χ0) is 19.3. The zero-order valence-electron chi connectivity index (χ0n) is 15.2. The Hall–Kier alpha value is -2.13. The van der Waals surface area contributed by atoms with Crippen molar-refractivity contribution in [3.8, 4) is 0 Å². The van der Waals surface area contributed by atoms with Gasteiger partial charge >= 0.3 is 5.97 Å². The van der Waals surface area contributed by atoms with Crippen molar-refractivity contribution in [1.82, 2.24) is 4.90 Å². The van der Waals surface area contributed by atoms with Gasteiger partial charge in [0.15, 0.2) is 6.61 Å². The number of nitrogens with zero attached hydrogens (tertiary/aromatic N) is 2. The third-order valence-corrected chi connectivity index (χ3v) is 5.13. The molecule has 0 saturated carbocycles. The summed E-state index contributed by atoms with van der Waals surface area (Å²) >= 11 is 0. The fraction of sp³-hybridized carbons (Fsp3) is 0.529. The Morgan fingerprint density at radius 2 is 2.04 bits per heavy atom. The number of para-hydroxylation sites is 1. The second kappa shape index (κ2) is 8.50. The van der Waals surface area contributed by atoms with Crippen LogP contribution in [0.3, 0.4) is 0 Å². The van der Waals surface area contributed by atoms with Crippen molar-refractivity contribution in [2.24, 2.45) is 0 Å². The SMILES string of the molecule is Cc1ccccc1N(CC(=O)OCC(=O)N1CCOC(C)C1)S(C)(=O)=O. The summed E-state index contributed by atoms with van der Waals surface area (Å²) in [5.74, 6) is -1.11. The van der Waals surface area contributed by atoms with E-state index in [-0.39, 0.29) is 12.0 Å². The van der Waals surface area contributed by atoms with Gasteiger partial charge in [-0.05, 0) is 25.5 Å². The Kier molecular flexibility index (Phi) is 6.60. The summed E-state index contributed by atoms with van der Waals surface area (Å²) in [4.78, 5) is 25.8. The summed E-state index contributed by atoms with van der Waals surface area (Å²) < 4.78 is 35.5. The fourth-order valence-electron chi connectivity index (χ4n) is 2.67. The van der Waals surface area contributed by atoms with E-state index < -0.39 is 29.1 Å². The Labute approximate surface area is 153 Å². The molecule has 1 unspecified atom stereocenters. The van der Waals surface area contributed by atoms with Crippen LogP contribution in [0.1, 0.15) is 12.5 Å². The zero-order valence-corrected chi connectivity index (χ0v) is 16.0. The molecular formula is C17H24N2O6S. The molecule has 1 aromatic rings. The van der Waals surface area contributed by atoms with E-state index in [4.69, 9.17) is 9.47 Å². The molecule has 0 aliphatic carbocycles. The van der Waals surface area contributed by atoms with Gasteiger partial charge in [-0.15, -0.1) is 0 Å². The molecule has 8 nitrogen and oxygen atoms in total. The van der Waals surface area contributed by atoms with Gasteiger partial charge in [0.2, 0.25) is 10.0 Å². The van der Waals surface area contributed by atoms with Gasteiger partial charge in [0.25, 0.3) is 5.91 Å². The summed E-state index contributed by atoms with van der Waals surface area (Å²) in [5, 5.41) is 0. The van der Waals surface area contributed by atoms with E-state index in [0.29, 0.717) is 30.9 Å². The van der Waals surface area contributed by atoms with E-state index in [2.05, 4.69) is 0 Å². The molecular weight excluding hydrogens is 360 g/mol. The number of sulfonamides is 1. The Morgan fingerprint density at radius 3 is 2.65 bits per heavy atom. The second-order valence-corrected chi connectivity index (χ2v) is 8.14. The van der Waals surface area contributed by atoms with Gasteiger partial charge in [0.1, 0.15) is 6.54 Å². The van der Waals surface area contributed by atoms with Gasteiger partial charge in [-0.3, -0.25) is 13.9 Å². The van der Waals surface area contributed by atoms with Crippen molar-refractivity contribution in [3.63, 3.8) is 0 Å². The molecule has 1 saturated heterocycles. The molecule has 0 bridgehead atoms. The van der Waals surface area contributed by atoms with Gasteiger partial charge in [-0.1, -0.05) is 18.2 Å². The molecule has 1 amide bonds. The summed E-state index contributed by atoms with van der Waals surface area (Å²) in [6, 6.07) is 6.83. The third kappa shape index (κ3) is 5.43. The Balaban J connectivity index is 1.98. The molecule has 0 N–H and O–H groups in total. The van der Waals surface area contributed by atoms with E-state index >= 15 is 0 Å². The molecule has 1 aliphatic rings. The first-order valence-electron chi connectivity index (χ1n) is 8.27. The normalized spacial score (nSPS) is 17.7. The number of hydrogen-bond donors (Lipinski definition) is 0. The molecule has 0 radical (unpaired) electrons. The minimum absolute atomic E-state index is 0.0646. The predicted molar refractivity (Wildman–Crippen MR) is 96.3 cm³/mol. The van der Waals surface area contributed by atoms with Crippen LogP contribution >= 0.6 is 0 Å². The van der Waals surface area contributed by atoms with Gasteiger partial charge in [-0.25, -0.2) is 8.42 Å². The van der Waals surface area contributed by atoms with Crippen LogP contribution < -0.4 is 4.31 Å². The second-order valence-electron chi connectivity index (χ2n) is 6.24. The van der Waals surface area contributed by atoms with Crippen molar-refractivity contribution in [2.75, 3.05) is 43.4 Å². The van der Waals surface area contributed by atoms with E-state index in [1.165, 1.54) is 0 Å². The monoisotopic (exact) mass is 384 g/mol. The number of benzene rings is 1. The van der Waals surface area contributed by atoms with E-state index in [1.54, 1.807) is 36.1 Å². The van der Waals surface area contributed by atoms with Crippen LogP contribution in [0.4, 0.5) is 5.69 Å². The van der Waals surface area contributed by atoms with Crippen LogP contribution in [0.25, 0.3) is 0 Å². The van der Waals surface area contributed by atoms with Gasteiger partial charge in [-0.2, -0.15) is 0 Å². The first-order chi connectivity index (χ1) is 12.2. The van der Waals surface area contributed by atoms with Crippen molar-refractivity contribution in [1.29, 1.82) is 0 Å². The number of ether oxygens (including phenoxy) is 2. The molecule has 1 atom stereocenters. The number of hydrogen-bond acceptors (Lipinski definition) is 6. The lowest BCUT2D eigenvalue weighted by atomic mass is 10.2. The number of morpholine rings is 1. The predicted octanol–water partition coefficient (Wildman–Crippen LogP) is 0.552. The smallest absolute Gasteiger partial charge is 0.327 e. The number of anilines is 1. The molecule has 1 heterocycles. The molecule has 0 aromatic heterocycles. The van der Waals surface area contributed by atoms with E-state index in [0.717, 1.165) is 10.6 Å². The average Bonchev–Trinajstić information content (AvgIpc) is 2.57. The van der Waals surface area contributed by atoms with E-state index in [1.807, 2.05) is 6.92 Å². The van der Waals surface area contributed by atoms with Crippen LogP contribution in [0.2, 0.25) is 0 Å². The number of esters is 1. The molecule has 1 aromatic carbocycles. The number of rotatable bonds is 6. The Bertz CT molecular complexity index is 764. The molecule has 1 aliphatic heterocycles. The van der Waals surface area contributed by atoms with Crippen molar-refractivity contribution < 1.29 is 27.5 Å². The fourth-order valence-corrected chi connectivity index (χ4v) is 3.57. The lowest BCUT2D eigenvalue weighted by molar-refractivity contribution is -0.153. The molecule has 1 fully saturated rings. The van der Waals surface area contributed by atoms with Crippen LogP contribution in [-0.4, -0.2) is 70.4 Å². The standard InChI is InChI=1S/C17H24N2O6S/c1-13-6-4-5-7-15(13)19(26(3,22)23)11-17(21)25-12-16(20)18-8-9-24-14(2)10-18/h4-7,14H,8-12H2,1-3H3. The van der Waals surface area contributed by atoms with Crippen molar-refractivity contribution in [3.05, 3.63) is 29.8 Å². The van der Waals surface area contributed by atoms with Crippen LogP contribution in [0, 0.1) is 6.92 Å². The van der Waals surface area contributed by atoms with Crippen molar-refractivity contribution in [2.45, 2.75) is 20.0 Å². The molecule has 2 rings (SSSR count). The maximum Gasteiger partial charge on any atom is 0.327 e. The quantitative estimate of drug-likeness (QED) is 0.665. The summed E-state index contributed by atoms with van der Waals surface area (Å²) in [6.45, 7) is 4.03.